The number of esters is 1. The van der Waals surface area contributed by atoms with Crippen molar-refractivity contribution in [1.29, 1.82) is 0 Å². The Morgan fingerprint density at radius 2 is 2.25 bits per heavy atom. The van der Waals surface area contributed by atoms with Crippen LogP contribution in [0, 0.1) is 0 Å². The normalized spacial score (nSPS) is 10.4. The van der Waals surface area contributed by atoms with Crippen molar-refractivity contribution in [1.82, 2.24) is 0 Å². The van der Waals surface area contributed by atoms with Gasteiger partial charge in [-0.25, -0.2) is 4.79 Å². The van der Waals surface area contributed by atoms with Crippen molar-refractivity contribution in [2.24, 2.45) is 0 Å². The van der Waals surface area contributed by atoms with Crippen molar-refractivity contribution in [3.05, 3.63) is 34.9 Å². The van der Waals surface area contributed by atoms with Gasteiger partial charge in [-0.1, -0.05) is 11.6 Å². The topological polar surface area (TPSA) is 35.5 Å². The summed E-state index contributed by atoms with van der Waals surface area (Å²) >= 11 is 5.95. The van der Waals surface area contributed by atoms with E-state index in [0.29, 0.717) is 22.9 Å². The van der Waals surface area contributed by atoms with Gasteiger partial charge >= 0.3 is 5.97 Å². The molecule has 86 valence electrons. The van der Waals surface area contributed by atoms with Gasteiger partial charge in [0.1, 0.15) is 5.75 Å². The number of halogens is 1. The number of benzene rings is 1. The van der Waals surface area contributed by atoms with Gasteiger partial charge < -0.3 is 9.47 Å². The molecule has 0 amide bonds. The van der Waals surface area contributed by atoms with E-state index in [1.54, 1.807) is 38.3 Å². The molecule has 1 aromatic rings. The van der Waals surface area contributed by atoms with Crippen molar-refractivity contribution in [2.75, 3.05) is 13.7 Å². The number of hydrogen-bond donors (Lipinski definition) is 0. The monoisotopic (exact) mass is 240 g/mol. The number of methoxy groups -OCH3 is 1. The maximum atomic E-state index is 11.1. The summed E-state index contributed by atoms with van der Waals surface area (Å²) in [4.78, 5) is 11.1. The van der Waals surface area contributed by atoms with E-state index in [1.165, 1.54) is 6.08 Å². The Balaban J connectivity index is 2.83. The van der Waals surface area contributed by atoms with Crippen molar-refractivity contribution in [3.8, 4) is 5.75 Å². The molecule has 0 atom stereocenters. The van der Waals surface area contributed by atoms with Crippen LogP contribution in [0.2, 0.25) is 5.02 Å². The van der Waals surface area contributed by atoms with E-state index in [1.807, 2.05) is 0 Å². The predicted molar refractivity (Wildman–Crippen MR) is 63.7 cm³/mol. The lowest BCUT2D eigenvalue weighted by atomic mass is 10.2. The lowest BCUT2D eigenvalue weighted by molar-refractivity contribution is -0.137. The van der Waals surface area contributed by atoms with Crippen LogP contribution in [0.4, 0.5) is 0 Å². The molecule has 0 aliphatic heterocycles. The van der Waals surface area contributed by atoms with E-state index in [9.17, 15) is 4.79 Å². The van der Waals surface area contributed by atoms with Gasteiger partial charge in [0.2, 0.25) is 0 Å². The first-order chi connectivity index (χ1) is 7.67. The van der Waals surface area contributed by atoms with E-state index in [4.69, 9.17) is 21.1 Å². The molecule has 0 aliphatic carbocycles. The zero-order chi connectivity index (χ0) is 12.0. The van der Waals surface area contributed by atoms with Gasteiger partial charge in [-0.05, 0) is 36.8 Å². The third-order valence-corrected chi connectivity index (χ3v) is 2.23. The molecule has 0 saturated carbocycles. The molecule has 0 aliphatic rings. The second-order valence-corrected chi connectivity index (χ2v) is 3.38. The first-order valence-electron chi connectivity index (χ1n) is 4.85. The van der Waals surface area contributed by atoms with Gasteiger partial charge in [0.15, 0.2) is 0 Å². The van der Waals surface area contributed by atoms with Gasteiger partial charge in [-0.2, -0.15) is 0 Å². The Labute approximate surface area is 99.6 Å². The molecular weight excluding hydrogens is 228 g/mol. The smallest absolute Gasteiger partial charge is 0.330 e. The zero-order valence-electron chi connectivity index (χ0n) is 9.20. The number of carbonyl (C=O) groups excluding carboxylic acids is 1. The molecule has 0 aromatic heterocycles. The van der Waals surface area contributed by atoms with Crippen LogP contribution in [0.3, 0.4) is 0 Å². The quantitative estimate of drug-likeness (QED) is 0.600. The highest BCUT2D eigenvalue weighted by molar-refractivity contribution is 6.32. The average molecular weight is 241 g/mol. The molecule has 0 N–H and O–H groups in total. The predicted octanol–water partition coefficient (Wildman–Crippen LogP) is 2.92. The molecule has 0 spiro atoms. The molecule has 16 heavy (non-hydrogen) atoms. The Morgan fingerprint density at radius 1 is 1.50 bits per heavy atom. The van der Waals surface area contributed by atoms with Crippen molar-refractivity contribution >= 4 is 23.6 Å². The van der Waals surface area contributed by atoms with Gasteiger partial charge in [0.05, 0.1) is 13.7 Å². The SMILES string of the molecule is CCOC(=O)C=Cc1cc(OC)ccc1Cl. The molecule has 1 aromatic carbocycles. The van der Waals surface area contributed by atoms with Crippen LogP contribution >= 0.6 is 11.6 Å². The third kappa shape index (κ3) is 3.59. The number of rotatable bonds is 4. The molecule has 4 heteroatoms. The second kappa shape index (κ2) is 6.18. The summed E-state index contributed by atoms with van der Waals surface area (Å²) in [7, 11) is 1.57. The summed E-state index contributed by atoms with van der Waals surface area (Å²) in [5.41, 5.74) is 0.717. The largest absolute Gasteiger partial charge is 0.497 e. The maximum Gasteiger partial charge on any atom is 0.330 e. The lowest BCUT2D eigenvalue weighted by Crippen LogP contribution is -1.98. The van der Waals surface area contributed by atoms with Gasteiger partial charge in [-0.15, -0.1) is 0 Å². The van der Waals surface area contributed by atoms with Gasteiger partial charge in [0, 0.05) is 11.1 Å². The highest BCUT2D eigenvalue weighted by Crippen LogP contribution is 2.22. The van der Waals surface area contributed by atoms with Crippen LogP contribution in [0.15, 0.2) is 24.3 Å². The Morgan fingerprint density at radius 3 is 2.88 bits per heavy atom. The minimum atomic E-state index is -0.388. The summed E-state index contributed by atoms with van der Waals surface area (Å²) < 4.78 is 9.82. The van der Waals surface area contributed by atoms with Crippen LogP contribution in [-0.4, -0.2) is 19.7 Å². The molecule has 0 radical (unpaired) electrons. The first kappa shape index (κ1) is 12.6. The molecule has 0 saturated heterocycles. The Bertz CT molecular complexity index is 399. The fourth-order valence-electron chi connectivity index (χ4n) is 1.12. The molecular formula is C12H13ClO3. The summed E-state index contributed by atoms with van der Waals surface area (Å²) in [5, 5.41) is 0.557. The fourth-order valence-corrected chi connectivity index (χ4v) is 1.31. The van der Waals surface area contributed by atoms with Gasteiger partial charge in [-0.3, -0.25) is 0 Å². The van der Waals surface area contributed by atoms with E-state index < -0.39 is 0 Å². The minimum absolute atomic E-state index is 0.356. The standard InChI is InChI=1S/C12H13ClO3/c1-3-16-12(14)7-4-9-8-10(15-2)5-6-11(9)13/h4-8H,3H2,1-2H3. The van der Waals surface area contributed by atoms with Crippen LogP contribution in [0.1, 0.15) is 12.5 Å². The summed E-state index contributed by atoms with van der Waals surface area (Å²) in [5.74, 6) is 0.300. The number of ether oxygens (including phenoxy) is 2. The Kier molecular flexibility index (Phi) is 4.86. The lowest BCUT2D eigenvalue weighted by Gasteiger charge is -2.02. The molecule has 1 rings (SSSR count). The van der Waals surface area contributed by atoms with Gasteiger partial charge in [0.25, 0.3) is 0 Å². The van der Waals surface area contributed by atoms with E-state index in [-0.39, 0.29) is 5.97 Å². The van der Waals surface area contributed by atoms with Crippen molar-refractivity contribution < 1.29 is 14.3 Å². The number of hydrogen-bond acceptors (Lipinski definition) is 3. The van der Waals surface area contributed by atoms with Crippen LogP contribution < -0.4 is 4.74 Å². The molecule has 3 nitrogen and oxygen atoms in total. The molecule has 0 fully saturated rings. The van der Waals surface area contributed by atoms with E-state index >= 15 is 0 Å². The Hall–Kier alpha value is -1.48. The molecule has 0 heterocycles. The van der Waals surface area contributed by atoms with Crippen LogP contribution in [0.25, 0.3) is 6.08 Å². The minimum Gasteiger partial charge on any atom is -0.497 e. The second-order valence-electron chi connectivity index (χ2n) is 2.97. The van der Waals surface area contributed by atoms with Crippen LogP contribution in [0.5, 0.6) is 5.75 Å². The van der Waals surface area contributed by atoms with Crippen molar-refractivity contribution in [2.45, 2.75) is 6.92 Å². The summed E-state index contributed by atoms with van der Waals surface area (Å²) in [6.45, 7) is 2.11. The third-order valence-electron chi connectivity index (χ3n) is 1.89. The summed E-state index contributed by atoms with van der Waals surface area (Å²) in [6, 6.07) is 5.22. The highest BCUT2D eigenvalue weighted by Gasteiger charge is 2.00. The average Bonchev–Trinajstić information content (AvgIpc) is 2.28. The zero-order valence-corrected chi connectivity index (χ0v) is 9.95. The van der Waals surface area contributed by atoms with E-state index in [0.717, 1.165) is 0 Å². The first-order valence-corrected chi connectivity index (χ1v) is 5.23. The number of carbonyl (C=O) groups is 1. The molecule has 0 unspecified atom stereocenters. The highest BCUT2D eigenvalue weighted by atomic mass is 35.5. The van der Waals surface area contributed by atoms with Crippen molar-refractivity contribution in [3.63, 3.8) is 0 Å². The maximum absolute atomic E-state index is 11.1. The van der Waals surface area contributed by atoms with E-state index in [2.05, 4.69) is 0 Å². The molecule has 0 bridgehead atoms. The fraction of sp³-hybridized carbons (Fsp3) is 0.250. The summed E-state index contributed by atoms with van der Waals surface area (Å²) in [6.07, 6.45) is 2.94. The van der Waals surface area contributed by atoms with Crippen LogP contribution in [-0.2, 0) is 9.53 Å².